The zero-order chi connectivity index (χ0) is 23.6. The van der Waals surface area contributed by atoms with Gasteiger partial charge in [0.2, 0.25) is 0 Å². The van der Waals surface area contributed by atoms with Crippen LogP contribution < -0.4 is 20.9 Å². The number of rotatable bonds is 12. The Labute approximate surface area is 195 Å². The molecule has 0 spiro atoms. The van der Waals surface area contributed by atoms with Gasteiger partial charge in [0.05, 0.1) is 0 Å². The predicted octanol–water partition coefficient (Wildman–Crippen LogP) is 5.15. The molecule has 172 valence electrons. The van der Waals surface area contributed by atoms with Crippen molar-refractivity contribution >= 4 is 11.7 Å². The van der Waals surface area contributed by atoms with Gasteiger partial charge in [0.25, 0.3) is 0 Å². The van der Waals surface area contributed by atoms with Gasteiger partial charge in [-0.25, -0.2) is 0 Å². The smallest absolute Gasteiger partial charge is 0.122 e. The van der Waals surface area contributed by atoms with Crippen LogP contribution in [0.3, 0.4) is 0 Å². The van der Waals surface area contributed by atoms with Crippen LogP contribution in [0.2, 0.25) is 0 Å². The number of ether oxygens (including phenoxy) is 2. The molecule has 0 saturated carbocycles. The molecule has 0 radical (unpaired) electrons. The lowest BCUT2D eigenvalue weighted by Crippen LogP contribution is -2.10. The van der Waals surface area contributed by atoms with Gasteiger partial charge in [-0.1, -0.05) is 31.9 Å². The van der Waals surface area contributed by atoms with Crippen molar-refractivity contribution in [2.75, 3.05) is 0 Å². The Kier molecular flexibility index (Phi) is 8.47. The van der Waals surface area contributed by atoms with Gasteiger partial charge in [-0.2, -0.15) is 0 Å². The van der Waals surface area contributed by atoms with Crippen molar-refractivity contribution in [1.29, 1.82) is 10.8 Å². The third-order valence-corrected chi connectivity index (χ3v) is 5.32. The normalized spacial score (nSPS) is 10.6. The molecule has 6 nitrogen and oxygen atoms in total. The topological polar surface area (TPSA) is 118 Å². The van der Waals surface area contributed by atoms with Crippen LogP contribution in [-0.4, -0.2) is 11.7 Å². The summed E-state index contributed by atoms with van der Waals surface area (Å²) in [5.74, 6) is 1.56. The summed E-state index contributed by atoms with van der Waals surface area (Å²) in [6.07, 6.45) is 4.57. The fourth-order valence-corrected chi connectivity index (χ4v) is 3.52. The number of nitrogens with two attached hydrogens (primary N) is 2. The van der Waals surface area contributed by atoms with E-state index in [2.05, 4.69) is 25.1 Å². The summed E-state index contributed by atoms with van der Waals surface area (Å²) < 4.78 is 12.0. The van der Waals surface area contributed by atoms with Crippen LogP contribution in [0.1, 0.15) is 54.0 Å². The molecule has 3 aromatic rings. The van der Waals surface area contributed by atoms with Crippen LogP contribution in [0.4, 0.5) is 0 Å². The Bertz CT molecular complexity index is 997. The van der Waals surface area contributed by atoms with E-state index in [0.717, 1.165) is 35.5 Å². The largest absolute Gasteiger partial charge is 0.489 e. The van der Waals surface area contributed by atoms with Gasteiger partial charge in [-0.15, -0.1) is 0 Å². The first-order valence-electron chi connectivity index (χ1n) is 11.2. The van der Waals surface area contributed by atoms with Crippen molar-refractivity contribution in [1.82, 2.24) is 0 Å². The Hall–Kier alpha value is -3.80. The minimum absolute atomic E-state index is 0.0434. The number of nitrogens with one attached hydrogen (secondary N) is 2. The van der Waals surface area contributed by atoms with Crippen LogP contribution >= 0.6 is 0 Å². The third kappa shape index (κ3) is 7.38. The molecule has 0 aliphatic heterocycles. The van der Waals surface area contributed by atoms with E-state index in [1.807, 2.05) is 24.3 Å². The lowest BCUT2D eigenvalue weighted by atomic mass is 10.0. The summed E-state index contributed by atoms with van der Waals surface area (Å²) in [5.41, 5.74) is 15.8. The molecule has 3 aromatic carbocycles. The van der Waals surface area contributed by atoms with Gasteiger partial charge in [0, 0.05) is 11.1 Å². The number of aryl methyl sites for hydroxylation is 1. The van der Waals surface area contributed by atoms with E-state index in [-0.39, 0.29) is 11.7 Å². The van der Waals surface area contributed by atoms with Gasteiger partial charge >= 0.3 is 0 Å². The molecule has 33 heavy (non-hydrogen) atoms. The van der Waals surface area contributed by atoms with Crippen molar-refractivity contribution < 1.29 is 9.47 Å². The van der Waals surface area contributed by atoms with E-state index in [9.17, 15) is 0 Å². The summed E-state index contributed by atoms with van der Waals surface area (Å²) in [6.45, 7) is 3.10. The van der Waals surface area contributed by atoms with E-state index in [0.29, 0.717) is 24.3 Å². The monoisotopic (exact) mass is 444 g/mol. The minimum Gasteiger partial charge on any atom is -0.489 e. The second kappa shape index (κ2) is 11.7. The van der Waals surface area contributed by atoms with Crippen LogP contribution in [0.25, 0.3) is 0 Å². The second-order valence-corrected chi connectivity index (χ2v) is 8.07. The second-order valence-electron chi connectivity index (χ2n) is 8.07. The van der Waals surface area contributed by atoms with Crippen molar-refractivity contribution in [2.24, 2.45) is 11.5 Å². The Morgan fingerprint density at radius 2 is 1.09 bits per heavy atom. The van der Waals surface area contributed by atoms with Gasteiger partial charge in [0.1, 0.15) is 36.4 Å². The number of unbranched alkanes of at least 4 members (excludes halogenated alkanes) is 2. The van der Waals surface area contributed by atoms with Crippen LogP contribution in [-0.2, 0) is 19.6 Å². The maximum atomic E-state index is 7.50. The zero-order valence-corrected chi connectivity index (χ0v) is 19.1. The van der Waals surface area contributed by atoms with Crippen molar-refractivity contribution in [2.45, 2.75) is 45.8 Å². The molecule has 0 unspecified atom stereocenters. The molecule has 0 aliphatic rings. The lowest BCUT2D eigenvalue weighted by Gasteiger charge is -2.13. The number of hydrogen-bond acceptors (Lipinski definition) is 4. The number of hydrogen-bond donors (Lipinski definition) is 4. The summed E-state index contributed by atoms with van der Waals surface area (Å²) in [4.78, 5) is 0. The van der Waals surface area contributed by atoms with E-state index < -0.39 is 0 Å². The molecule has 6 N–H and O–H groups in total. The fraction of sp³-hybridized carbons (Fsp3) is 0.259. The predicted molar refractivity (Wildman–Crippen MR) is 133 cm³/mol. The maximum Gasteiger partial charge on any atom is 0.122 e. The van der Waals surface area contributed by atoms with Gasteiger partial charge in [-0.3, -0.25) is 10.8 Å². The summed E-state index contributed by atoms with van der Waals surface area (Å²) in [6, 6.07) is 21.0. The highest BCUT2D eigenvalue weighted by molar-refractivity contribution is 5.95. The Morgan fingerprint density at radius 1 is 0.667 bits per heavy atom. The summed E-state index contributed by atoms with van der Waals surface area (Å²) in [5, 5.41) is 15.0. The molecule has 3 rings (SSSR count). The average Bonchev–Trinajstić information content (AvgIpc) is 2.82. The molecule has 0 heterocycles. The van der Waals surface area contributed by atoms with E-state index in [4.69, 9.17) is 31.8 Å². The molecule has 0 bridgehead atoms. The number of benzene rings is 3. The van der Waals surface area contributed by atoms with E-state index in [1.54, 1.807) is 24.3 Å². The highest BCUT2D eigenvalue weighted by atomic mass is 16.5. The Balaban J connectivity index is 1.69. The lowest BCUT2D eigenvalue weighted by molar-refractivity contribution is 0.299. The average molecular weight is 445 g/mol. The summed E-state index contributed by atoms with van der Waals surface area (Å²) in [7, 11) is 0. The van der Waals surface area contributed by atoms with Crippen LogP contribution in [0.15, 0.2) is 66.7 Å². The molecule has 0 aromatic heterocycles. The van der Waals surface area contributed by atoms with Gasteiger partial charge in [-0.05, 0) is 84.1 Å². The Morgan fingerprint density at radius 3 is 1.48 bits per heavy atom. The minimum atomic E-state index is 0.0434. The number of nitrogen functional groups attached to an aromatic ring is 2. The van der Waals surface area contributed by atoms with Crippen molar-refractivity contribution in [3.8, 4) is 11.5 Å². The first kappa shape index (κ1) is 23.9. The molecule has 0 atom stereocenters. The molecule has 0 amide bonds. The maximum absolute atomic E-state index is 7.50. The van der Waals surface area contributed by atoms with Crippen LogP contribution in [0.5, 0.6) is 11.5 Å². The fourth-order valence-electron chi connectivity index (χ4n) is 3.52. The first-order valence-corrected chi connectivity index (χ1v) is 11.2. The molecular formula is C27H32N4O2. The standard InChI is InChI=1S/C27H32N4O2/c1-2-3-4-5-19-14-20(17-32-24-10-6-22(7-11-24)26(28)29)16-21(15-19)18-33-25-12-8-23(9-13-25)27(30)31/h6-16H,2-5,17-18H2,1H3,(H3,28,29)(H3,30,31). The summed E-state index contributed by atoms with van der Waals surface area (Å²) >= 11 is 0. The van der Waals surface area contributed by atoms with E-state index >= 15 is 0 Å². The van der Waals surface area contributed by atoms with E-state index in [1.165, 1.54) is 18.4 Å². The molecule has 6 heteroatoms. The third-order valence-electron chi connectivity index (χ3n) is 5.32. The van der Waals surface area contributed by atoms with Crippen molar-refractivity contribution in [3.63, 3.8) is 0 Å². The molecular weight excluding hydrogens is 412 g/mol. The molecule has 0 saturated heterocycles. The highest BCUT2D eigenvalue weighted by Crippen LogP contribution is 2.20. The molecule has 0 aliphatic carbocycles. The van der Waals surface area contributed by atoms with Crippen molar-refractivity contribution in [3.05, 3.63) is 94.5 Å². The SMILES string of the molecule is CCCCCc1cc(COc2ccc(C(=N)N)cc2)cc(COc2ccc(C(=N)N)cc2)c1. The first-order chi connectivity index (χ1) is 15.9. The highest BCUT2D eigenvalue weighted by Gasteiger charge is 2.06. The van der Waals surface area contributed by atoms with Gasteiger partial charge < -0.3 is 20.9 Å². The van der Waals surface area contributed by atoms with Crippen LogP contribution in [0, 0.1) is 10.8 Å². The zero-order valence-electron chi connectivity index (χ0n) is 19.1. The quantitative estimate of drug-likeness (QED) is 0.176. The van der Waals surface area contributed by atoms with Gasteiger partial charge in [0.15, 0.2) is 0 Å². The molecule has 0 fully saturated rings. The number of amidine groups is 2.